The van der Waals surface area contributed by atoms with Crippen LogP contribution in [0.15, 0.2) is 28.9 Å². The van der Waals surface area contributed by atoms with Crippen molar-refractivity contribution in [3.8, 4) is 0 Å². The van der Waals surface area contributed by atoms with Crippen LogP contribution in [0.1, 0.15) is 32.2 Å². The van der Waals surface area contributed by atoms with Gasteiger partial charge in [0.05, 0.1) is 16.1 Å². The van der Waals surface area contributed by atoms with Gasteiger partial charge in [-0.2, -0.15) is 0 Å². The molecule has 3 heterocycles. The van der Waals surface area contributed by atoms with Gasteiger partial charge >= 0.3 is 0 Å². The Morgan fingerprint density at radius 2 is 2.32 bits per heavy atom. The molecule has 3 N–H and O–H groups in total. The Kier molecular flexibility index (Phi) is 4.00. The average Bonchev–Trinajstić information content (AvgIpc) is 3.19. The first-order chi connectivity index (χ1) is 10.5. The van der Waals surface area contributed by atoms with Crippen LogP contribution in [0.2, 0.25) is 0 Å². The van der Waals surface area contributed by atoms with Crippen molar-refractivity contribution in [1.82, 2.24) is 4.90 Å². The maximum atomic E-state index is 12.5. The van der Waals surface area contributed by atoms with Gasteiger partial charge in [0.15, 0.2) is 5.76 Å². The van der Waals surface area contributed by atoms with E-state index in [9.17, 15) is 9.59 Å². The summed E-state index contributed by atoms with van der Waals surface area (Å²) in [5.74, 6) is -0.105. The van der Waals surface area contributed by atoms with Crippen molar-refractivity contribution < 1.29 is 14.0 Å². The molecule has 1 aliphatic rings. The average molecular weight is 319 g/mol. The molecule has 0 spiro atoms. The first-order valence-corrected chi connectivity index (χ1v) is 7.86. The summed E-state index contributed by atoms with van der Waals surface area (Å²) in [7, 11) is 0. The van der Waals surface area contributed by atoms with E-state index in [1.165, 1.54) is 17.6 Å². The van der Waals surface area contributed by atoms with E-state index in [1.54, 1.807) is 23.1 Å². The molecule has 116 valence electrons. The van der Waals surface area contributed by atoms with E-state index >= 15 is 0 Å². The number of aryl methyl sites for hydroxylation is 1. The molecule has 22 heavy (non-hydrogen) atoms. The molecule has 0 aliphatic carbocycles. The van der Waals surface area contributed by atoms with Crippen LogP contribution in [-0.4, -0.2) is 35.8 Å². The number of amides is 2. The lowest BCUT2D eigenvalue weighted by molar-refractivity contribution is 0.0794. The van der Waals surface area contributed by atoms with Gasteiger partial charge in [0.1, 0.15) is 0 Å². The topological polar surface area (TPSA) is 88.6 Å². The summed E-state index contributed by atoms with van der Waals surface area (Å²) >= 11 is 1.28. The molecule has 1 fully saturated rings. The number of carbonyl (C=O) groups excluding carboxylic acids is 2. The summed E-state index contributed by atoms with van der Waals surface area (Å²) in [6, 6.07) is 5.10. The number of nitrogens with two attached hydrogens (primary N) is 1. The zero-order chi connectivity index (χ0) is 15.7. The van der Waals surface area contributed by atoms with Gasteiger partial charge in [0, 0.05) is 19.1 Å². The minimum atomic E-state index is -0.326. The molecule has 1 aliphatic heterocycles. The molecule has 0 aromatic carbocycles. The number of thiophene rings is 1. The van der Waals surface area contributed by atoms with Gasteiger partial charge in [-0.3, -0.25) is 9.59 Å². The Bertz CT molecular complexity index is 693. The van der Waals surface area contributed by atoms with Gasteiger partial charge in [0.2, 0.25) is 0 Å². The van der Waals surface area contributed by atoms with Crippen LogP contribution in [-0.2, 0) is 0 Å². The second kappa shape index (κ2) is 5.94. The molecule has 0 radical (unpaired) electrons. The van der Waals surface area contributed by atoms with Crippen LogP contribution in [0.4, 0.5) is 5.00 Å². The highest BCUT2D eigenvalue weighted by Gasteiger charge is 2.27. The van der Waals surface area contributed by atoms with Crippen LogP contribution < -0.4 is 11.1 Å². The summed E-state index contributed by atoms with van der Waals surface area (Å²) < 4.78 is 5.05. The maximum Gasteiger partial charge on any atom is 0.291 e. The number of hydrogen-bond donors (Lipinski definition) is 2. The van der Waals surface area contributed by atoms with E-state index in [1.807, 2.05) is 6.92 Å². The number of anilines is 1. The molecule has 7 heteroatoms. The Balaban J connectivity index is 1.73. The Hall–Kier alpha value is -2.12. The van der Waals surface area contributed by atoms with Gasteiger partial charge in [-0.15, -0.1) is 11.3 Å². The second-order valence-corrected chi connectivity index (χ2v) is 6.41. The van der Waals surface area contributed by atoms with Gasteiger partial charge < -0.3 is 20.4 Å². The highest BCUT2D eigenvalue weighted by atomic mass is 32.1. The van der Waals surface area contributed by atoms with Crippen LogP contribution >= 0.6 is 11.3 Å². The van der Waals surface area contributed by atoms with Crippen LogP contribution in [0, 0.1) is 6.92 Å². The second-order valence-electron chi connectivity index (χ2n) is 5.35. The summed E-state index contributed by atoms with van der Waals surface area (Å²) in [6.45, 7) is 3.14. The fourth-order valence-corrected chi connectivity index (χ4v) is 3.49. The van der Waals surface area contributed by atoms with E-state index < -0.39 is 0 Å². The largest absolute Gasteiger partial charge is 0.459 e. The summed E-state index contributed by atoms with van der Waals surface area (Å²) in [4.78, 5) is 26.9. The van der Waals surface area contributed by atoms with Crippen molar-refractivity contribution >= 4 is 28.2 Å². The monoisotopic (exact) mass is 319 g/mol. The van der Waals surface area contributed by atoms with Crippen molar-refractivity contribution in [2.75, 3.05) is 18.4 Å². The smallest absolute Gasteiger partial charge is 0.291 e. The van der Waals surface area contributed by atoms with E-state index in [0.717, 1.165) is 12.0 Å². The molecule has 0 saturated carbocycles. The molecule has 3 rings (SSSR count). The summed E-state index contributed by atoms with van der Waals surface area (Å²) in [5, 5.41) is 3.38. The highest BCUT2D eigenvalue weighted by molar-refractivity contribution is 7.18. The number of likely N-dealkylation sites (tertiary alicyclic amines) is 1. The molecule has 2 amide bonds. The first kappa shape index (κ1) is 14.8. The van der Waals surface area contributed by atoms with Gasteiger partial charge in [-0.05, 0) is 37.1 Å². The third kappa shape index (κ3) is 2.90. The third-order valence-corrected chi connectivity index (χ3v) is 4.75. The Morgan fingerprint density at radius 1 is 1.50 bits per heavy atom. The highest BCUT2D eigenvalue weighted by Crippen LogP contribution is 2.29. The van der Waals surface area contributed by atoms with Crippen LogP contribution in [0.3, 0.4) is 0 Å². The van der Waals surface area contributed by atoms with Gasteiger partial charge in [-0.1, -0.05) is 0 Å². The molecule has 0 bridgehead atoms. The Morgan fingerprint density at radius 3 is 2.95 bits per heavy atom. The first-order valence-electron chi connectivity index (χ1n) is 7.04. The number of nitrogens with zero attached hydrogens (tertiary/aromatic N) is 1. The Labute approximate surface area is 131 Å². The predicted molar refractivity (Wildman–Crippen MR) is 84.2 cm³/mol. The van der Waals surface area contributed by atoms with Gasteiger partial charge in [0.25, 0.3) is 11.8 Å². The zero-order valence-corrected chi connectivity index (χ0v) is 13.0. The van der Waals surface area contributed by atoms with E-state index in [2.05, 4.69) is 5.32 Å². The molecule has 1 saturated heterocycles. The number of rotatable bonds is 3. The standard InChI is InChI=1S/C15H17N3O3S/c1-9-7-12(17-14(19)11-3-2-6-21-11)22-13(9)15(20)18-5-4-10(16)8-18/h2-3,6-7,10H,4-5,8,16H2,1H3,(H,17,19)/t10-/m1/s1. The normalized spacial score (nSPS) is 17.7. The molecular weight excluding hydrogens is 302 g/mol. The number of furan rings is 1. The molecule has 2 aromatic rings. The number of hydrogen-bond acceptors (Lipinski definition) is 5. The number of carbonyl (C=O) groups is 2. The van der Waals surface area contributed by atoms with E-state index in [4.69, 9.17) is 10.2 Å². The minimum absolute atomic E-state index is 0.0195. The molecular formula is C15H17N3O3S. The fraction of sp³-hybridized carbons (Fsp3) is 0.333. The van der Waals surface area contributed by atoms with Crippen molar-refractivity contribution in [2.24, 2.45) is 5.73 Å². The quantitative estimate of drug-likeness (QED) is 0.906. The molecule has 1 atom stereocenters. The molecule has 2 aromatic heterocycles. The van der Waals surface area contributed by atoms with Crippen molar-refractivity contribution in [3.05, 3.63) is 40.7 Å². The minimum Gasteiger partial charge on any atom is -0.459 e. The lowest BCUT2D eigenvalue weighted by Gasteiger charge is -2.14. The SMILES string of the molecule is Cc1cc(NC(=O)c2ccco2)sc1C(=O)N1CC[C@@H](N)C1. The lowest BCUT2D eigenvalue weighted by atomic mass is 10.2. The van der Waals surface area contributed by atoms with E-state index in [-0.39, 0.29) is 23.6 Å². The third-order valence-electron chi connectivity index (χ3n) is 3.61. The fourth-order valence-electron chi connectivity index (χ4n) is 2.45. The lowest BCUT2D eigenvalue weighted by Crippen LogP contribution is -2.31. The van der Waals surface area contributed by atoms with Crippen LogP contribution in [0.5, 0.6) is 0 Å². The van der Waals surface area contributed by atoms with Crippen molar-refractivity contribution in [2.45, 2.75) is 19.4 Å². The number of nitrogens with one attached hydrogen (secondary N) is 1. The predicted octanol–water partition coefficient (Wildman–Crippen LogP) is 2.08. The zero-order valence-electron chi connectivity index (χ0n) is 12.2. The van der Waals surface area contributed by atoms with E-state index in [0.29, 0.717) is 23.0 Å². The van der Waals surface area contributed by atoms with Crippen molar-refractivity contribution in [3.63, 3.8) is 0 Å². The van der Waals surface area contributed by atoms with Crippen LogP contribution in [0.25, 0.3) is 0 Å². The van der Waals surface area contributed by atoms with Gasteiger partial charge in [-0.25, -0.2) is 0 Å². The summed E-state index contributed by atoms with van der Waals surface area (Å²) in [5.41, 5.74) is 6.70. The summed E-state index contributed by atoms with van der Waals surface area (Å²) in [6.07, 6.45) is 2.28. The van der Waals surface area contributed by atoms with Crippen molar-refractivity contribution in [1.29, 1.82) is 0 Å². The maximum absolute atomic E-state index is 12.5. The molecule has 0 unspecified atom stereocenters. The molecule has 6 nitrogen and oxygen atoms in total.